The smallest absolute Gasteiger partial charge is 0.264 e. The molecule has 39 heavy (non-hydrogen) atoms. The molecule has 0 saturated carbocycles. The highest BCUT2D eigenvalue weighted by Crippen LogP contribution is 2.28. The minimum Gasteiger partial charge on any atom is -0.354 e. The Balaban J connectivity index is 2.02. The number of hydrogen-bond acceptors (Lipinski definition) is 4. The fourth-order valence-corrected chi connectivity index (χ4v) is 5.93. The maximum atomic E-state index is 14.0. The van der Waals surface area contributed by atoms with E-state index in [1.807, 2.05) is 50.2 Å². The van der Waals surface area contributed by atoms with Crippen molar-refractivity contribution in [3.63, 3.8) is 0 Å². The van der Waals surface area contributed by atoms with Crippen molar-refractivity contribution in [1.82, 2.24) is 10.2 Å². The second kappa shape index (κ2) is 14.3. The third-order valence-electron chi connectivity index (χ3n) is 6.51. The number of hydrogen-bond donors (Lipinski definition) is 1. The molecule has 3 rings (SSSR count). The molecule has 0 radical (unpaired) electrons. The van der Waals surface area contributed by atoms with Gasteiger partial charge >= 0.3 is 0 Å². The van der Waals surface area contributed by atoms with Crippen LogP contribution in [0.2, 0.25) is 0 Å². The number of sulfonamides is 1. The molecule has 0 saturated heterocycles. The van der Waals surface area contributed by atoms with E-state index in [-0.39, 0.29) is 17.3 Å². The SMILES string of the molecule is CCCCNC(=O)[C@H](C)N(Cc1ccc(Br)cc1)C(=O)CN(c1ccccc1CC)S(=O)(=O)c1ccccc1. The summed E-state index contributed by atoms with van der Waals surface area (Å²) in [5.41, 5.74) is 2.07. The van der Waals surface area contributed by atoms with Gasteiger partial charge in [-0.2, -0.15) is 0 Å². The number of benzene rings is 3. The first kappa shape index (κ1) is 30.4. The number of nitrogens with one attached hydrogen (secondary N) is 1. The van der Waals surface area contributed by atoms with Crippen molar-refractivity contribution in [3.05, 3.63) is 94.5 Å². The number of carbonyl (C=O) groups is 2. The molecular formula is C30H36BrN3O4S. The van der Waals surface area contributed by atoms with E-state index in [1.54, 1.807) is 37.3 Å². The molecular weight excluding hydrogens is 578 g/mol. The van der Waals surface area contributed by atoms with Crippen molar-refractivity contribution in [2.45, 2.75) is 57.5 Å². The van der Waals surface area contributed by atoms with Crippen LogP contribution >= 0.6 is 15.9 Å². The molecule has 1 atom stereocenters. The summed E-state index contributed by atoms with van der Waals surface area (Å²) in [4.78, 5) is 28.6. The minimum atomic E-state index is -4.08. The number of unbranched alkanes of at least 4 members (excludes halogenated alkanes) is 1. The van der Waals surface area contributed by atoms with Crippen molar-refractivity contribution in [2.75, 3.05) is 17.4 Å². The number of aryl methyl sites for hydroxylation is 1. The average Bonchev–Trinajstić information content (AvgIpc) is 2.95. The van der Waals surface area contributed by atoms with Gasteiger partial charge in [0.05, 0.1) is 10.6 Å². The van der Waals surface area contributed by atoms with Gasteiger partial charge in [-0.05, 0) is 61.2 Å². The lowest BCUT2D eigenvalue weighted by molar-refractivity contribution is -0.139. The summed E-state index contributed by atoms with van der Waals surface area (Å²) in [5, 5.41) is 2.90. The molecule has 3 aromatic carbocycles. The van der Waals surface area contributed by atoms with Crippen molar-refractivity contribution in [1.29, 1.82) is 0 Å². The van der Waals surface area contributed by atoms with Gasteiger partial charge < -0.3 is 10.2 Å². The van der Waals surface area contributed by atoms with Gasteiger partial charge in [0.1, 0.15) is 12.6 Å². The standard InChI is InChI=1S/C30H36BrN3O4S/c1-4-6-20-32-30(36)23(3)33(21-24-16-18-26(31)19-17-24)29(35)22-34(28-15-11-10-12-25(28)5-2)39(37,38)27-13-8-7-9-14-27/h7-19,23H,4-6,20-22H2,1-3H3,(H,32,36)/t23-/m0/s1. The Kier molecular flexibility index (Phi) is 11.1. The summed E-state index contributed by atoms with van der Waals surface area (Å²) in [5.74, 6) is -0.748. The molecule has 0 spiro atoms. The predicted octanol–water partition coefficient (Wildman–Crippen LogP) is 5.54. The van der Waals surface area contributed by atoms with E-state index >= 15 is 0 Å². The second-order valence-electron chi connectivity index (χ2n) is 9.28. The van der Waals surface area contributed by atoms with Crippen molar-refractivity contribution < 1.29 is 18.0 Å². The van der Waals surface area contributed by atoms with Crippen molar-refractivity contribution in [3.8, 4) is 0 Å². The normalized spacial score (nSPS) is 12.0. The molecule has 0 heterocycles. The van der Waals surface area contributed by atoms with E-state index in [2.05, 4.69) is 21.2 Å². The van der Waals surface area contributed by atoms with Gasteiger partial charge in [-0.25, -0.2) is 8.42 Å². The first-order valence-corrected chi connectivity index (χ1v) is 15.4. The topological polar surface area (TPSA) is 86.8 Å². The summed E-state index contributed by atoms with van der Waals surface area (Å²) >= 11 is 3.43. The summed E-state index contributed by atoms with van der Waals surface area (Å²) in [6.07, 6.45) is 2.35. The van der Waals surface area contributed by atoms with Crippen LogP contribution in [0, 0.1) is 0 Å². The number of amides is 2. The Morgan fingerprint density at radius 1 is 0.923 bits per heavy atom. The molecule has 7 nitrogen and oxygen atoms in total. The lowest BCUT2D eigenvalue weighted by atomic mass is 10.1. The van der Waals surface area contributed by atoms with E-state index < -0.39 is 28.5 Å². The summed E-state index contributed by atoms with van der Waals surface area (Å²) < 4.78 is 29.9. The van der Waals surface area contributed by atoms with Gasteiger partial charge in [-0.15, -0.1) is 0 Å². The van der Waals surface area contributed by atoms with Crippen LogP contribution < -0.4 is 9.62 Å². The Morgan fingerprint density at radius 2 is 1.56 bits per heavy atom. The number of anilines is 1. The van der Waals surface area contributed by atoms with Crippen LogP contribution in [-0.2, 0) is 32.6 Å². The van der Waals surface area contributed by atoms with E-state index in [4.69, 9.17) is 0 Å². The van der Waals surface area contributed by atoms with Crippen molar-refractivity contribution >= 4 is 43.5 Å². The van der Waals surface area contributed by atoms with Gasteiger partial charge in [0.15, 0.2) is 0 Å². The lowest BCUT2D eigenvalue weighted by Crippen LogP contribution is -2.51. The molecule has 0 aliphatic rings. The van der Waals surface area contributed by atoms with Gasteiger partial charge in [0.2, 0.25) is 11.8 Å². The highest BCUT2D eigenvalue weighted by atomic mass is 79.9. The molecule has 0 aliphatic heterocycles. The molecule has 208 valence electrons. The summed E-state index contributed by atoms with van der Waals surface area (Å²) in [6.45, 7) is 5.87. The third-order valence-corrected chi connectivity index (χ3v) is 8.82. The molecule has 1 N–H and O–H groups in total. The van der Waals surface area contributed by atoms with Crippen LogP contribution in [0.25, 0.3) is 0 Å². The van der Waals surface area contributed by atoms with Crippen LogP contribution in [0.5, 0.6) is 0 Å². The maximum Gasteiger partial charge on any atom is 0.264 e. The van der Waals surface area contributed by atoms with Gasteiger partial charge in [0.25, 0.3) is 10.0 Å². The van der Waals surface area contributed by atoms with Crippen LogP contribution in [0.1, 0.15) is 44.7 Å². The third kappa shape index (κ3) is 7.92. The Labute approximate surface area is 240 Å². The summed E-state index contributed by atoms with van der Waals surface area (Å²) in [7, 11) is -4.08. The van der Waals surface area contributed by atoms with Gasteiger partial charge in [-0.3, -0.25) is 13.9 Å². The number of para-hydroxylation sites is 1. The molecule has 0 fully saturated rings. The van der Waals surface area contributed by atoms with Crippen LogP contribution in [0.4, 0.5) is 5.69 Å². The van der Waals surface area contributed by atoms with Crippen LogP contribution in [0.3, 0.4) is 0 Å². The second-order valence-corrected chi connectivity index (χ2v) is 12.1. The average molecular weight is 615 g/mol. The zero-order chi connectivity index (χ0) is 28.4. The minimum absolute atomic E-state index is 0.0912. The van der Waals surface area contributed by atoms with Crippen LogP contribution in [0.15, 0.2) is 88.2 Å². The Hall–Kier alpha value is -3.17. The Bertz CT molecular complexity index is 1350. The first-order chi connectivity index (χ1) is 18.7. The molecule has 0 aromatic heterocycles. The quantitative estimate of drug-likeness (QED) is 0.256. The number of halogens is 1. The Morgan fingerprint density at radius 3 is 2.21 bits per heavy atom. The van der Waals surface area contributed by atoms with E-state index in [9.17, 15) is 18.0 Å². The zero-order valence-electron chi connectivity index (χ0n) is 22.6. The van der Waals surface area contributed by atoms with Gasteiger partial charge in [-0.1, -0.05) is 84.7 Å². The molecule has 3 aromatic rings. The highest BCUT2D eigenvalue weighted by Gasteiger charge is 2.33. The molecule has 0 aliphatic carbocycles. The molecule has 9 heteroatoms. The number of nitrogens with zero attached hydrogens (tertiary/aromatic N) is 2. The monoisotopic (exact) mass is 613 g/mol. The summed E-state index contributed by atoms with van der Waals surface area (Å²) in [6, 6.07) is 21.9. The van der Waals surface area contributed by atoms with E-state index in [1.165, 1.54) is 21.3 Å². The van der Waals surface area contributed by atoms with Crippen molar-refractivity contribution in [2.24, 2.45) is 0 Å². The van der Waals surface area contributed by atoms with Gasteiger partial charge in [0, 0.05) is 17.6 Å². The molecule has 0 unspecified atom stereocenters. The van der Waals surface area contributed by atoms with E-state index in [0.717, 1.165) is 28.4 Å². The van der Waals surface area contributed by atoms with E-state index in [0.29, 0.717) is 18.7 Å². The number of carbonyl (C=O) groups excluding carboxylic acids is 2. The predicted molar refractivity (Wildman–Crippen MR) is 159 cm³/mol. The highest BCUT2D eigenvalue weighted by molar-refractivity contribution is 9.10. The first-order valence-electron chi connectivity index (χ1n) is 13.2. The fourth-order valence-electron chi connectivity index (χ4n) is 4.19. The van der Waals surface area contributed by atoms with Crippen LogP contribution in [-0.4, -0.2) is 44.3 Å². The molecule has 0 bridgehead atoms. The fraction of sp³-hybridized carbons (Fsp3) is 0.333. The zero-order valence-corrected chi connectivity index (χ0v) is 25.0. The molecule has 2 amide bonds. The lowest BCUT2D eigenvalue weighted by Gasteiger charge is -2.32. The maximum absolute atomic E-state index is 14.0. The number of rotatable bonds is 13. The largest absolute Gasteiger partial charge is 0.354 e.